The van der Waals surface area contributed by atoms with Gasteiger partial charge in [0, 0.05) is 29.7 Å². The second-order valence-electron chi connectivity index (χ2n) is 12.7. The zero-order valence-electron chi connectivity index (χ0n) is 28.3. The third kappa shape index (κ3) is 11.7. The number of rotatable bonds is 13. The zero-order chi connectivity index (χ0) is 33.5. The van der Waals surface area contributed by atoms with Gasteiger partial charge < -0.3 is 10.2 Å². The standard InChI is InChI=1S/C28H44N4O2S.C7H7NO/c1-11-13-15-31(16-14-12-2)26-30-24(27(5,6)7)23(35-26)17-20(3)21(4)22(18-29)25(34)32(19-33)28(8,9)10;9-6-8-7-4-2-1-3-5-7/h17,19H,11-16H2,1-10H3;1-6H,(H,8,9)/b20-17+,22-21-;. The number of imide groups is 1. The molecule has 0 aliphatic rings. The molecule has 1 heterocycles. The number of benzene rings is 1. The highest BCUT2D eigenvalue weighted by Crippen LogP contribution is 2.36. The molecular formula is C35H51N5O3S. The minimum Gasteiger partial charge on any atom is -0.348 e. The van der Waals surface area contributed by atoms with Crippen LogP contribution >= 0.6 is 11.3 Å². The number of aromatic nitrogens is 1. The molecule has 44 heavy (non-hydrogen) atoms. The normalized spacial score (nSPS) is 12.2. The summed E-state index contributed by atoms with van der Waals surface area (Å²) >= 11 is 1.67. The number of hydrogen-bond donors (Lipinski definition) is 1. The molecule has 0 bridgehead atoms. The molecule has 0 saturated heterocycles. The summed E-state index contributed by atoms with van der Waals surface area (Å²) in [5.74, 6) is -0.577. The maximum absolute atomic E-state index is 13.0. The van der Waals surface area contributed by atoms with Crippen LogP contribution < -0.4 is 10.2 Å². The fraction of sp³-hybridized carbons (Fsp3) is 0.514. The van der Waals surface area contributed by atoms with Gasteiger partial charge in [-0.2, -0.15) is 5.26 Å². The number of carbonyl (C=O) groups excluding carboxylic acids is 3. The van der Waals surface area contributed by atoms with Gasteiger partial charge in [0.15, 0.2) is 5.13 Å². The number of allylic oxidation sites excluding steroid dienone is 2. The quantitative estimate of drug-likeness (QED) is 0.105. The number of nitrogens with zero attached hydrogens (tertiary/aromatic N) is 4. The van der Waals surface area contributed by atoms with Gasteiger partial charge in [-0.3, -0.25) is 19.3 Å². The van der Waals surface area contributed by atoms with E-state index in [2.05, 4.69) is 44.8 Å². The third-order valence-electron chi connectivity index (χ3n) is 6.87. The molecule has 1 aromatic carbocycles. The van der Waals surface area contributed by atoms with E-state index in [0.29, 0.717) is 18.4 Å². The smallest absolute Gasteiger partial charge is 0.271 e. The van der Waals surface area contributed by atoms with Crippen LogP contribution in [0, 0.1) is 11.3 Å². The highest BCUT2D eigenvalue weighted by atomic mass is 32.1. The Bertz CT molecular complexity index is 1320. The number of hydrogen-bond acceptors (Lipinski definition) is 7. The number of anilines is 2. The second kappa shape index (κ2) is 18.1. The first-order chi connectivity index (χ1) is 20.7. The van der Waals surface area contributed by atoms with Crippen molar-refractivity contribution in [2.24, 2.45) is 0 Å². The van der Waals surface area contributed by atoms with Gasteiger partial charge in [0.2, 0.25) is 12.8 Å². The Morgan fingerprint density at radius 3 is 2.00 bits per heavy atom. The Morgan fingerprint density at radius 1 is 1.00 bits per heavy atom. The summed E-state index contributed by atoms with van der Waals surface area (Å²) in [6.07, 6.45) is 7.70. The SMILES string of the molecule is CCCCN(CCCC)c1nc(C(C)(C)C)c(/C=C(C)/C(C)=C(/C#N)C(=O)N(C=O)C(C)(C)C)s1.O=CNc1ccccc1. The first-order valence-electron chi connectivity index (χ1n) is 15.3. The lowest BCUT2D eigenvalue weighted by atomic mass is 9.90. The molecule has 2 rings (SSSR count). The lowest BCUT2D eigenvalue weighted by molar-refractivity contribution is -0.140. The van der Waals surface area contributed by atoms with Crippen LogP contribution in [-0.2, 0) is 19.8 Å². The monoisotopic (exact) mass is 621 g/mol. The highest BCUT2D eigenvalue weighted by molar-refractivity contribution is 7.16. The Balaban J connectivity index is 0.000000912. The summed E-state index contributed by atoms with van der Waals surface area (Å²) < 4.78 is 0. The minimum atomic E-state index is -0.717. The largest absolute Gasteiger partial charge is 0.348 e. The summed E-state index contributed by atoms with van der Waals surface area (Å²) in [6.45, 7) is 21.8. The lowest BCUT2D eigenvalue weighted by Gasteiger charge is -2.30. The fourth-order valence-electron chi connectivity index (χ4n) is 4.12. The molecule has 0 fully saturated rings. The van der Waals surface area contributed by atoms with E-state index in [-0.39, 0.29) is 11.0 Å². The first kappa shape index (κ1) is 38.3. The maximum Gasteiger partial charge on any atom is 0.271 e. The van der Waals surface area contributed by atoms with Crippen molar-refractivity contribution >= 4 is 47.0 Å². The predicted octanol–water partition coefficient (Wildman–Crippen LogP) is 8.13. The number of unbranched alkanes of at least 4 members (excludes halogenated alkanes) is 2. The van der Waals surface area contributed by atoms with Gasteiger partial charge in [-0.15, -0.1) is 0 Å². The van der Waals surface area contributed by atoms with Gasteiger partial charge in [-0.05, 0) is 76.8 Å². The van der Waals surface area contributed by atoms with E-state index in [9.17, 15) is 19.6 Å². The number of carbonyl (C=O) groups is 3. The number of amides is 3. The van der Waals surface area contributed by atoms with Crippen LogP contribution in [0.5, 0.6) is 0 Å². The zero-order valence-corrected chi connectivity index (χ0v) is 29.1. The van der Waals surface area contributed by atoms with Crippen LogP contribution in [0.1, 0.15) is 105 Å². The molecule has 1 aromatic heterocycles. The molecule has 2 aromatic rings. The maximum atomic E-state index is 13.0. The van der Waals surface area contributed by atoms with Crippen LogP contribution in [-0.4, -0.2) is 47.2 Å². The Labute approximate surface area is 268 Å². The number of nitrogens with one attached hydrogen (secondary N) is 1. The van der Waals surface area contributed by atoms with Gasteiger partial charge in [0.1, 0.15) is 11.6 Å². The van der Waals surface area contributed by atoms with E-state index in [1.165, 1.54) is 0 Å². The molecule has 0 unspecified atom stereocenters. The first-order valence-corrected chi connectivity index (χ1v) is 16.1. The van der Waals surface area contributed by atoms with Crippen LogP contribution in [0.2, 0.25) is 0 Å². The molecule has 3 amide bonds. The Morgan fingerprint density at radius 2 is 1.57 bits per heavy atom. The summed E-state index contributed by atoms with van der Waals surface area (Å²) in [7, 11) is 0. The average molecular weight is 622 g/mol. The second-order valence-corrected chi connectivity index (χ2v) is 13.7. The Kier molecular flexibility index (Phi) is 15.8. The summed E-state index contributed by atoms with van der Waals surface area (Å²) in [5, 5.41) is 13.4. The van der Waals surface area contributed by atoms with Crippen molar-refractivity contribution in [3.8, 4) is 6.07 Å². The molecule has 1 N–H and O–H groups in total. The van der Waals surface area contributed by atoms with Crippen molar-refractivity contribution < 1.29 is 14.4 Å². The van der Waals surface area contributed by atoms with Crippen molar-refractivity contribution in [2.75, 3.05) is 23.3 Å². The van der Waals surface area contributed by atoms with E-state index in [4.69, 9.17) is 4.98 Å². The Hall–Kier alpha value is -3.77. The molecule has 0 atom stereocenters. The molecule has 240 valence electrons. The molecule has 0 saturated carbocycles. The number of nitriles is 1. The summed E-state index contributed by atoms with van der Waals surface area (Å²) in [6, 6.07) is 11.3. The van der Waals surface area contributed by atoms with Gasteiger partial charge in [-0.25, -0.2) is 4.98 Å². The molecule has 9 heteroatoms. The van der Waals surface area contributed by atoms with Crippen LogP contribution in [0.3, 0.4) is 0 Å². The van der Waals surface area contributed by atoms with E-state index in [1.807, 2.05) is 49.4 Å². The van der Waals surface area contributed by atoms with Crippen LogP contribution in [0.15, 0.2) is 47.1 Å². The van der Waals surface area contributed by atoms with Gasteiger partial charge in [-0.1, -0.05) is 77.0 Å². The van der Waals surface area contributed by atoms with Crippen LogP contribution in [0.4, 0.5) is 10.8 Å². The minimum absolute atomic E-state index is 0.0182. The fourth-order valence-corrected chi connectivity index (χ4v) is 5.45. The summed E-state index contributed by atoms with van der Waals surface area (Å²) in [4.78, 5) is 44.1. The number of para-hydroxylation sites is 1. The lowest BCUT2D eigenvalue weighted by Crippen LogP contribution is -2.45. The molecule has 0 radical (unpaired) electrons. The highest BCUT2D eigenvalue weighted by Gasteiger charge is 2.30. The van der Waals surface area contributed by atoms with Crippen molar-refractivity contribution in [3.05, 3.63) is 57.6 Å². The van der Waals surface area contributed by atoms with Crippen molar-refractivity contribution in [1.29, 1.82) is 5.26 Å². The van der Waals surface area contributed by atoms with Crippen molar-refractivity contribution in [2.45, 2.75) is 106 Å². The van der Waals surface area contributed by atoms with E-state index >= 15 is 0 Å². The molecular weight excluding hydrogens is 570 g/mol. The van der Waals surface area contributed by atoms with E-state index < -0.39 is 11.4 Å². The van der Waals surface area contributed by atoms with Gasteiger partial charge in [0.05, 0.1) is 10.6 Å². The molecule has 0 aliphatic carbocycles. The molecule has 0 spiro atoms. The van der Waals surface area contributed by atoms with E-state index in [0.717, 1.165) is 70.6 Å². The number of thiazole rings is 1. The van der Waals surface area contributed by atoms with E-state index in [1.54, 1.807) is 39.0 Å². The predicted molar refractivity (Wildman–Crippen MR) is 184 cm³/mol. The van der Waals surface area contributed by atoms with Crippen LogP contribution in [0.25, 0.3) is 6.08 Å². The van der Waals surface area contributed by atoms with Gasteiger partial charge >= 0.3 is 0 Å². The third-order valence-corrected chi connectivity index (χ3v) is 7.94. The van der Waals surface area contributed by atoms with Gasteiger partial charge in [0.25, 0.3) is 5.91 Å². The topological polar surface area (TPSA) is 106 Å². The van der Waals surface area contributed by atoms with Crippen molar-refractivity contribution in [3.63, 3.8) is 0 Å². The summed E-state index contributed by atoms with van der Waals surface area (Å²) in [5.41, 5.74) is 2.32. The average Bonchev–Trinajstić information content (AvgIpc) is 3.38. The van der Waals surface area contributed by atoms with Crippen molar-refractivity contribution in [1.82, 2.24) is 9.88 Å². The molecule has 0 aliphatic heterocycles. The molecule has 8 nitrogen and oxygen atoms in total.